The minimum absolute atomic E-state index is 0.101. The number of benzene rings is 1. The van der Waals surface area contributed by atoms with Gasteiger partial charge in [0.05, 0.1) is 14.2 Å². The molecule has 0 spiro atoms. The molecule has 2 N–H and O–H groups in total. The molecule has 0 heterocycles. The number of hydrogen-bond donors (Lipinski definition) is 1. The van der Waals surface area contributed by atoms with Gasteiger partial charge in [0, 0.05) is 30.7 Å². The first-order chi connectivity index (χ1) is 9.88. The van der Waals surface area contributed by atoms with Crippen LogP contribution in [0.1, 0.15) is 39.3 Å². The molecule has 0 aliphatic carbocycles. The number of ether oxygens (including phenoxy) is 2. The summed E-state index contributed by atoms with van der Waals surface area (Å²) in [6, 6.07) is 6.14. The van der Waals surface area contributed by atoms with Crippen molar-refractivity contribution in [1.82, 2.24) is 4.90 Å². The van der Waals surface area contributed by atoms with Crippen molar-refractivity contribution in [2.45, 2.75) is 39.8 Å². The summed E-state index contributed by atoms with van der Waals surface area (Å²) in [5.74, 6) is 2.24. The van der Waals surface area contributed by atoms with Gasteiger partial charge in [0.1, 0.15) is 11.5 Å². The lowest BCUT2D eigenvalue weighted by Crippen LogP contribution is -2.39. The van der Waals surface area contributed by atoms with Crippen molar-refractivity contribution < 1.29 is 9.47 Å². The Morgan fingerprint density at radius 1 is 1.05 bits per heavy atom. The Labute approximate surface area is 129 Å². The van der Waals surface area contributed by atoms with E-state index in [2.05, 4.69) is 32.6 Å². The molecule has 0 radical (unpaired) electrons. The van der Waals surface area contributed by atoms with Crippen LogP contribution in [0.2, 0.25) is 0 Å². The molecule has 1 atom stereocenters. The maximum atomic E-state index is 6.43. The molecule has 1 aromatic carbocycles. The van der Waals surface area contributed by atoms with Crippen LogP contribution in [-0.4, -0.2) is 38.3 Å². The van der Waals surface area contributed by atoms with Gasteiger partial charge in [-0.15, -0.1) is 0 Å². The summed E-state index contributed by atoms with van der Waals surface area (Å²) in [4.78, 5) is 2.41. The van der Waals surface area contributed by atoms with Gasteiger partial charge in [0.15, 0.2) is 0 Å². The lowest BCUT2D eigenvalue weighted by molar-refractivity contribution is 0.185. The molecule has 21 heavy (non-hydrogen) atoms. The van der Waals surface area contributed by atoms with Crippen LogP contribution in [0.15, 0.2) is 18.2 Å². The molecule has 1 aromatic rings. The Morgan fingerprint density at radius 2 is 1.71 bits per heavy atom. The van der Waals surface area contributed by atoms with Crippen molar-refractivity contribution in [3.05, 3.63) is 23.8 Å². The minimum atomic E-state index is -0.101. The molecular formula is C17H30N2O2. The van der Waals surface area contributed by atoms with E-state index in [0.717, 1.165) is 30.2 Å². The highest BCUT2D eigenvalue weighted by Gasteiger charge is 2.19. The van der Waals surface area contributed by atoms with Crippen LogP contribution >= 0.6 is 0 Å². The molecule has 120 valence electrons. The molecule has 0 saturated carbocycles. The molecule has 1 rings (SSSR count). The highest BCUT2D eigenvalue weighted by molar-refractivity contribution is 5.42. The number of nitrogens with two attached hydrogens (primary N) is 1. The molecular weight excluding hydrogens is 264 g/mol. The number of rotatable bonds is 8. The molecule has 0 aliphatic heterocycles. The quantitative estimate of drug-likeness (QED) is 0.800. The van der Waals surface area contributed by atoms with Gasteiger partial charge in [-0.2, -0.15) is 0 Å². The van der Waals surface area contributed by atoms with Gasteiger partial charge >= 0.3 is 0 Å². The van der Waals surface area contributed by atoms with Gasteiger partial charge in [0.2, 0.25) is 0 Å². The zero-order valence-corrected chi connectivity index (χ0v) is 14.2. The Bertz CT molecular complexity index is 433. The normalized spacial score (nSPS) is 13.0. The lowest BCUT2D eigenvalue weighted by atomic mass is 10.0. The van der Waals surface area contributed by atoms with Crippen LogP contribution in [0.5, 0.6) is 11.5 Å². The molecule has 4 heteroatoms. The Morgan fingerprint density at radius 3 is 2.19 bits per heavy atom. The molecule has 0 bridgehead atoms. The van der Waals surface area contributed by atoms with E-state index in [1.165, 1.54) is 0 Å². The summed E-state index contributed by atoms with van der Waals surface area (Å²) < 4.78 is 10.7. The lowest BCUT2D eigenvalue weighted by Gasteiger charge is -2.31. The maximum Gasteiger partial charge on any atom is 0.123 e. The summed E-state index contributed by atoms with van der Waals surface area (Å²) in [5.41, 5.74) is 7.42. The second-order valence-electron chi connectivity index (χ2n) is 6.16. The third kappa shape index (κ3) is 5.21. The monoisotopic (exact) mass is 294 g/mol. The number of nitrogens with zero attached hydrogens (tertiary/aromatic N) is 1. The van der Waals surface area contributed by atoms with Crippen molar-refractivity contribution in [3.63, 3.8) is 0 Å². The first-order valence-electron chi connectivity index (χ1n) is 7.60. The Balaban J connectivity index is 2.92. The van der Waals surface area contributed by atoms with E-state index in [4.69, 9.17) is 15.2 Å². The van der Waals surface area contributed by atoms with Crippen LogP contribution < -0.4 is 15.2 Å². The van der Waals surface area contributed by atoms with E-state index in [-0.39, 0.29) is 6.04 Å². The molecule has 1 unspecified atom stereocenters. The number of hydrogen-bond acceptors (Lipinski definition) is 4. The summed E-state index contributed by atoms with van der Waals surface area (Å²) in [5, 5.41) is 0. The van der Waals surface area contributed by atoms with Gasteiger partial charge < -0.3 is 15.2 Å². The maximum absolute atomic E-state index is 6.43. The summed E-state index contributed by atoms with van der Waals surface area (Å²) >= 11 is 0. The SMILES string of the molecule is COc1ccc(OC)c(C(N)CN(CC(C)C)C(C)C)c1. The molecule has 0 aromatic heterocycles. The fourth-order valence-corrected chi connectivity index (χ4v) is 2.45. The highest BCUT2D eigenvalue weighted by atomic mass is 16.5. The van der Waals surface area contributed by atoms with Crippen molar-refractivity contribution in [2.75, 3.05) is 27.3 Å². The minimum Gasteiger partial charge on any atom is -0.497 e. The van der Waals surface area contributed by atoms with Gasteiger partial charge in [0.25, 0.3) is 0 Å². The molecule has 0 fully saturated rings. The zero-order chi connectivity index (χ0) is 16.0. The predicted octanol–water partition coefficient (Wildman–Crippen LogP) is 3.07. The van der Waals surface area contributed by atoms with Crippen molar-refractivity contribution in [1.29, 1.82) is 0 Å². The van der Waals surface area contributed by atoms with Gasteiger partial charge in [-0.3, -0.25) is 4.90 Å². The summed E-state index contributed by atoms with van der Waals surface area (Å²) in [6.45, 7) is 10.7. The van der Waals surface area contributed by atoms with E-state index >= 15 is 0 Å². The number of methoxy groups -OCH3 is 2. The first-order valence-corrected chi connectivity index (χ1v) is 7.60. The summed E-state index contributed by atoms with van der Waals surface area (Å²) in [7, 11) is 3.34. The molecule has 4 nitrogen and oxygen atoms in total. The fourth-order valence-electron chi connectivity index (χ4n) is 2.45. The van der Waals surface area contributed by atoms with Gasteiger partial charge in [-0.25, -0.2) is 0 Å². The van der Waals surface area contributed by atoms with E-state index < -0.39 is 0 Å². The van der Waals surface area contributed by atoms with Crippen LogP contribution in [0.3, 0.4) is 0 Å². The third-order valence-corrected chi connectivity index (χ3v) is 3.60. The van der Waals surface area contributed by atoms with Gasteiger partial charge in [-0.1, -0.05) is 13.8 Å². The van der Waals surface area contributed by atoms with Crippen molar-refractivity contribution >= 4 is 0 Å². The molecule has 0 amide bonds. The van der Waals surface area contributed by atoms with Crippen molar-refractivity contribution in [2.24, 2.45) is 11.7 Å². The smallest absolute Gasteiger partial charge is 0.123 e. The Kier molecular flexibility index (Phi) is 6.99. The van der Waals surface area contributed by atoms with Crippen LogP contribution in [-0.2, 0) is 0 Å². The van der Waals surface area contributed by atoms with Crippen molar-refractivity contribution in [3.8, 4) is 11.5 Å². The average Bonchev–Trinajstić information content (AvgIpc) is 2.45. The van der Waals surface area contributed by atoms with E-state index in [1.807, 2.05) is 18.2 Å². The second kappa shape index (κ2) is 8.25. The largest absolute Gasteiger partial charge is 0.497 e. The standard InChI is InChI=1S/C17H30N2O2/c1-12(2)10-19(13(3)4)11-16(18)15-9-14(20-5)7-8-17(15)21-6/h7-9,12-13,16H,10-11,18H2,1-6H3. The highest BCUT2D eigenvalue weighted by Crippen LogP contribution is 2.29. The van der Waals surface area contributed by atoms with Crippen LogP contribution in [0.25, 0.3) is 0 Å². The van der Waals surface area contributed by atoms with Crippen LogP contribution in [0, 0.1) is 5.92 Å². The predicted molar refractivity (Wildman–Crippen MR) is 88.0 cm³/mol. The Hall–Kier alpha value is -1.26. The average molecular weight is 294 g/mol. The zero-order valence-electron chi connectivity index (χ0n) is 14.2. The topological polar surface area (TPSA) is 47.7 Å². The second-order valence-corrected chi connectivity index (χ2v) is 6.16. The summed E-state index contributed by atoms with van der Waals surface area (Å²) in [6.07, 6.45) is 0. The van der Waals surface area contributed by atoms with E-state index in [0.29, 0.717) is 12.0 Å². The molecule has 0 saturated heterocycles. The fraction of sp³-hybridized carbons (Fsp3) is 0.647. The first kappa shape index (κ1) is 17.8. The van der Waals surface area contributed by atoms with E-state index in [1.54, 1.807) is 14.2 Å². The molecule has 0 aliphatic rings. The van der Waals surface area contributed by atoms with Crippen LogP contribution in [0.4, 0.5) is 0 Å². The van der Waals surface area contributed by atoms with E-state index in [9.17, 15) is 0 Å². The van der Waals surface area contributed by atoms with Gasteiger partial charge in [-0.05, 0) is 38.0 Å². The third-order valence-electron chi connectivity index (χ3n) is 3.60.